The highest BCUT2D eigenvalue weighted by atomic mass is 16.4. The number of aromatic nitrogens is 1. The van der Waals surface area contributed by atoms with E-state index in [2.05, 4.69) is 11.6 Å². The van der Waals surface area contributed by atoms with Crippen molar-refractivity contribution in [2.75, 3.05) is 0 Å². The standard InChI is InChI=1S/C10H7NO2/c1-2-9-11-8-6-4-3-5-7(8)10(12)13-9/h2-6H,1H2. The van der Waals surface area contributed by atoms with Crippen molar-refractivity contribution in [2.45, 2.75) is 0 Å². The van der Waals surface area contributed by atoms with E-state index >= 15 is 0 Å². The summed E-state index contributed by atoms with van der Waals surface area (Å²) in [6.45, 7) is 3.48. The van der Waals surface area contributed by atoms with Crippen molar-refractivity contribution in [2.24, 2.45) is 0 Å². The summed E-state index contributed by atoms with van der Waals surface area (Å²) in [5, 5.41) is 0.494. The molecule has 1 aromatic carbocycles. The average molecular weight is 173 g/mol. The van der Waals surface area contributed by atoms with Gasteiger partial charge >= 0.3 is 5.63 Å². The largest absolute Gasteiger partial charge is 0.404 e. The predicted octanol–water partition coefficient (Wildman–Crippen LogP) is 1.83. The third-order valence-corrected chi connectivity index (χ3v) is 1.73. The minimum Gasteiger partial charge on any atom is -0.404 e. The molecule has 0 spiro atoms. The van der Waals surface area contributed by atoms with Crippen LogP contribution in [0.25, 0.3) is 17.0 Å². The van der Waals surface area contributed by atoms with Gasteiger partial charge in [-0.2, -0.15) is 0 Å². The smallest absolute Gasteiger partial charge is 0.347 e. The topological polar surface area (TPSA) is 43.1 Å². The number of fused-ring (bicyclic) bond motifs is 1. The Hall–Kier alpha value is -1.90. The summed E-state index contributed by atoms with van der Waals surface area (Å²) in [5.41, 5.74) is 0.258. The lowest BCUT2D eigenvalue weighted by atomic mass is 10.2. The molecule has 13 heavy (non-hydrogen) atoms. The minimum absolute atomic E-state index is 0.253. The molecule has 2 aromatic rings. The zero-order chi connectivity index (χ0) is 9.26. The lowest BCUT2D eigenvalue weighted by Crippen LogP contribution is -2.02. The fourth-order valence-corrected chi connectivity index (χ4v) is 1.12. The van der Waals surface area contributed by atoms with Crippen molar-refractivity contribution in [3.05, 3.63) is 47.2 Å². The second kappa shape index (κ2) is 2.86. The summed E-state index contributed by atoms with van der Waals surface area (Å²) in [7, 11) is 0. The molecular weight excluding hydrogens is 166 g/mol. The molecule has 3 heteroatoms. The molecule has 0 saturated heterocycles. The van der Waals surface area contributed by atoms with Gasteiger partial charge in [-0.15, -0.1) is 0 Å². The maximum absolute atomic E-state index is 11.3. The number of benzene rings is 1. The van der Waals surface area contributed by atoms with Crippen molar-refractivity contribution < 1.29 is 4.42 Å². The van der Waals surface area contributed by atoms with Crippen molar-refractivity contribution in [1.82, 2.24) is 4.98 Å². The van der Waals surface area contributed by atoms with Crippen molar-refractivity contribution >= 4 is 17.0 Å². The number of nitrogens with zero attached hydrogens (tertiary/aromatic N) is 1. The summed E-state index contributed by atoms with van der Waals surface area (Å²) in [6, 6.07) is 7.04. The molecule has 0 amide bonds. The molecule has 64 valence electrons. The molecule has 0 fully saturated rings. The van der Waals surface area contributed by atoms with Gasteiger partial charge in [-0.05, 0) is 18.2 Å². The number of hydrogen-bond donors (Lipinski definition) is 0. The Morgan fingerprint density at radius 2 is 2.15 bits per heavy atom. The first-order valence-corrected chi connectivity index (χ1v) is 3.83. The van der Waals surface area contributed by atoms with Gasteiger partial charge in [-0.25, -0.2) is 9.78 Å². The van der Waals surface area contributed by atoms with Crippen LogP contribution in [0, 0.1) is 0 Å². The highest BCUT2D eigenvalue weighted by Crippen LogP contribution is 2.07. The van der Waals surface area contributed by atoms with Crippen molar-refractivity contribution in [1.29, 1.82) is 0 Å². The van der Waals surface area contributed by atoms with Gasteiger partial charge in [0.05, 0.1) is 10.9 Å². The lowest BCUT2D eigenvalue weighted by Gasteiger charge is -1.95. The summed E-state index contributed by atoms with van der Waals surface area (Å²) >= 11 is 0. The lowest BCUT2D eigenvalue weighted by molar-refractivity contribution is 0.490. The maximum atomic E-state index is 11.3. The van der Waals surface area contributed by atoms with E-state index in [9.17, 15) is 4.79 Å². The van der Waals surface area contributed by atoms with Crippen LogP contribution in [0.1, 0.15) is 5.89 Å². The predicted molar refractivity (Wildman–Crippen MR) is 50.4 cm³/mol. The highest BCUT2D eigenvalue weighted by molar-refractivity contribution is 5.77. The second-order valence-electron chi connectivity index (χ2n) is 2.56. The normalized spacial score (nSPS) is 10.2. The summed E-state index contributed by atoms with van der Waals surface area (Å²) in [6.07, 6.45) is 1.41. The average Bonchev–Trinajstić information content (AvgIpc) is 2.18. The first-order valence-electron chi connectivity index (χ1n) is 3.83. The molecule has 0 bridgehead atoms. The third kappa shape index (κ3) is 1.24. The fourth-order valence-electron chi connectivity index (χ4n) is 1.12. The summed E-state index contributed by atoms with van der Waals surface area (Å²) in [5.74, 6) is 0.253. The van der Waals surface area contributed by atoms with Crippen LogP contribution < -0.4 is 5.63 Å². The van der Waals surface area contributed by atoms with Gasteiger partial charge in [0.25, 0.3) is 0 Å². The Morgan fingerprint density at radius 1 is 1.38 bits per heavy atom. The van der Waals surface area contributed by atoms with Gasteiger partial charge in [0.2, 0.25) is 5.89 Å². The van der Waals surface area contributed by atoms with E-state index in [1.54, 1.807) is 18.2 Å². The van der Waals surface area contributed by atoms with E-state index in [4.69, 9.17) is 4.42 Å². The molecule has 0 radical (unpaired) electrons. The zero-order valence-corrected chi connectivity index (χ0v) is 6.86. The van der Waals surface area contributed by atoms with Crippen LogP contribution in [0.3, 0.4) is 0 Å². The van der Waals surface area contributed by atoms with E-state index in [1.165, 1.54) is 6.08 Å². The van der Waals surface area contributed by atoms with Gasteiger partial charge in [0.15, 0.2) is 0 Å². The highest BCUT2D eigenvalue weighted by Gasteiger charge is 2.01. The van der Waals surface area contributed by atoms with Gasteiger partial charge in [-0.1, -0.05) is 18.7 Å². The molecule has 1 aromatic heterocycles. The van der Waals surface area contributed by atoms with Gasteiger partial charge in [-0.3, -0.25) is 0 Å². The monoisotopic (exact) mass is 173 g/mol. The molecule has 0 atom stereocenters. The third-order valence-electron chi connectivity index (χ3n) is 1.73. The first-order chi connectivity index (χ1) is 6.31. The molecule has 2 rings (SSSR count). The fraction of sp³-hybridized carbons (Fsp3) is 0. The molecule has 0 aliphatic heterocycles. The summed E-state index contributed by atoms with van der Waals surface area (Å²) < 4.78 is 4.85. The SMILES string of the molecule is C=Cc1nc2ccccc2c(=O)o1. The number of para-hydroxylation sites is 1. The van der Waals surface area contributed by atoms with E-state index in [0.29, 0.717) is 10.9 Å². The van der Waals surface area contributed by atoms with Crippen molar-refractivity contribution in [3.63, 3.8) is 0 Å². The number of hydrogen-bond acceptors (Lipinski definition) is 3. The molecule has 0 aliphatic carbocycles. The molecule has 0 aliphatic rings. The Kier molecular flexibility index (Phi) is 1.70. The van der Waals surface area contributed by atoms with Crippen LogP contribution in [0.15, 0.2) is 40.1 Å². The number of rotatable bonds is 1. The van der Waals surface area contributed by atoms with Crippen LogP contribution in [0.2, 0.25) is 0 Å². The second-order valence-corrected chi connectivity index (χ2v) is 2.56. The van der Waals surface area contributed by atoms with Crippen LogP contribution in [0.4, 0.5) is 0 Å². The van der Waals surface area contributed by atoms with Gasteiger partial charge in [0.1, 0.15) is 0 Å². The minimum atomic E-state index is -0.375. The molecule has 0 N–H and O–H groups in total. The van der Waals surface area contributed by atoms with Crippen molar-refractivity contribution in [3.8, 4) is 0 Å². The van der Waals surface area contributed by atoms with Gasteiger partial charge in [0, 0.05) is 0 Å². The van der Waals surface area contributed by atoms with E-state index < -0.39 is 0 Å². The Labute approximate surface area is 74.3 Å². The Morgan fingerprint density at radius 3 is 2.92 bits per heavy atom. The van der Waals surface area contributed by atoms with Crippen LogP contribution >= 0.6 is 0 Å². The van der Waals surface area contributed by atoms with Crippen LogP contribution in [-0.4, -0.2) is 4.98 Å². The molecule has 1 heterocycles. The van der Waals surface area contributed by atoms with Crippen LogP contribution in [-0.2, 0) is 0 Å². The van der Waals surface area contributed by atoms with E-state index in [-0.39, 0.29) is 11.5 Å². The van der Waals surface area contributed by atoms with Crippen LogP contribution in [0.5, 0.6) is 0 Å². The molecular formula is C10H7NO2. The maximum Gasteiger partial charge on any atom is 0.347 e. The molecule has 3 nitrogen and oxygen atoms in total. The Bertz CT molecular complexity index is 514. The molecule has 0 saturated carbocycles. The quantitative estimate of drug-likeness (QED) is 0.660. The Balaban J connectivity index is 2.92. The summed E-state index contributed by atoms with van der Waals surface area (Å²) in [4.78, 5) is 15.4. The van der Waals surface area contributed by atoms with Gasteiger partial charge < -0.3 is 4.42 Å². The molecule has 0 unspecified atom stereocenters. The zero-order valence-electron chi connectivity index (χ0n) is 6.86. The van der Waals surface area contributed by atoms with E-state index in [1.807, 2.05) is 6.07 Å². The first kappa shape index (κ1) is 7.73. The van der Waals surface area contributed by atoms with E-state index in [0.717, 1.165) is 0 Å².